The third kappa shape index (κ3) is 5.10. The molecule has 0 spiro atoms. The molecule has 0 aliphatic rings. The topological polar surface area (TPSA) is 34.4 Å². The summed E-state index contributed by atoms with van der Waals surface area (Å²) in [4.78, 5) is 0. The summed E-state index contributed by atoms with van der Waals surface area (Å²) in [6.07, 6.45) is 1.77. The molecule has 114 valence electrons. The smallest absolute Gasteiger partial charge is 0.146 e. The summed E-state index contributed by atoms with van der Waals surface area (Å²) in [7, 11) is 0. The van der Waals surface area contributed by atoms with Gasteiger partial charge >= 0.3 is 0 Å². The maximum Gasteiger partial charge on any atom is 0.146 e. The normalized spacial score (nSPS) is 11.1. The van der Waals surface area contributed by atoms with Crippen LogP contribution in [0.4, 0.5) is 0 Å². The van der Waals surface area contributed by atoms with E-state index in [0.717, 1.165) is 35.7 Å². The van der Waals surface area contributed by atoms with Gasteiger partial charge in [0.1, 0.15) is 18.1 Å². The minimum atomic E-state index is 0.408. The predicted octanol–water partition coefficient (Wildman–Crippen LogP) is 4.57. The molecule has 0 amide bonds. The number of hydrogen-bond donors (Lipinski definition) is 1. The Balaban J connectivity index is 1.86. The van der Waals surface area contributed by atoms with Gasteiger partial charge in [0.15, 0.2) is 0 Å². The van der Waals surface area contributed by atoms with E-state index >= 15 is 0 Å². The number of ether oxygens (including phenoxy) is 1. The average Bonchev–Trinajstić information content (AvgIpc) is 2.87. The molecule has 0 fully saturated rings. The van der Waals surface area contributed by atoms with E-state index in [0.29, 0.717) is 17.5 Å². The van der Waals surface area contributed by atoms with Crippen molar-refractivity contribution in [1.29, 1.82) is 0 Å². The molecule has 1 aromatic carbocycles. The van der Waals surface area contributed by atoms with Gasteiger partial charge in [-0.05, 0) is 43.1 Å². The third-order valence-electron chi connectivity index (χ3n) is 3.11. The summed E-state index contributed by atoms with van der Waals surface area (Å²) in [6, 6.07) is 7.65. The lowest BCUT2D eigenvalue weighted by molar-refractivity contribution is 0.268. The maximum absolute atomic E-state index is 5.97. The Morgan fingerprint density at radius 1 is 1.29 bits per heavy atom. The Morgan fingerprint density at radius 3 is 2.86 bits per heavy atom. The van der Waals surface area contributed by atoms with Gasteiger partial charge < -0.3 is 14.5 Å². The standard InChI is InChI=1S/C17H22ClNO2/c1-12(2)8-19-9-14-6-16(20-10-14)11-21-17-7-15(18)5-4-13(17)3/h4-7,10,12,19H,8-9,11H2,1-3H3. The number of hydrogen-bond acceptors (Lipinski definition) is 3. The highest BCUT2D eigenvalue weighted by Gasteiger charge is 2.05. The van der Waals surface area contributed by atoms with Crippen LogP contribution in [0, 0.1) is 12.8 Å². The van der Waals surface area contributed by atoms with Gasteiger partial charge in [-0.3, -0.25) is 0 Å². The lowest BCUT2D eigenvalue weighted by Crippen LogP contribution is -2.18. The zero-order valence-corrected chi connectivity index (χ0v) is 13.5. The Labute approximate surface area is 131 Å². The Morgan fingerprint density at radius 2 is 2.10 bits per heavy atom. The fourth-order valence-electron chi connectivity index (χ4n) is 1.98. The van der Waals surface area contributed by atoms with Crippen LogP contribution in [0.25, 0.3) is 0 Å². The summed E-state index contributed by atoms with van der Waals surface area (Å²) in [5.41, 5.74) is 2.20. The number of furan rings is 1. The van der Waals surface area contributed by atoms with Crippen LogP contribution in [-0.2, 0) is 13.2 Å². The molecule has 0 bridgehead atoms. The quantitative estimate of drug-likeness (QED) is 0.814. The van der Waals surface area contributed by atoms with Crippen LogP contribution in [0.5, 0.6) is 5.75 Å². The van der Waals surface area contributed by atoms with Gasteiger partial charge in [-0.2, -0.15) is 0 Å². The molecule has 4 heteroatoms. The number of aryl methyl sites for hydroxylation is 1. The number of rotatable bonds is 7. The minimum absolute atomic E-state index is 0.408. The van der Waals surface area contributed by atoms with Gasteiger partial charge in [0.05, 0.1) is 6.26 Å². The highest BCUT2D eigenvalue weighted by molar-refractivity contribution is 6.30. The van der Waals surface area contributed by atoms with Crippen molar-refractivity contribution in [3.05, 3.63) is 52.4 Å². The molecule has 0 unspecified atom stereocenters. The Hall–Kier alpha value is -1.45. The summed E-state index contributed by atoms with van der Waals surface area (Å²) in [5.74, 6) is 2.25. The molecule has 2 aromatic rings. The second kappa shape index (κ2) is 7.53. The van der Waals surface area contributed by atoms with E-state index < -0.39 is 0 Å². The molecule has 1 aromatic heterocycles. The fraction of sp³-hybridized carbons (Fsp3) is 0.412. The molecule has 0 aliphatic heterocycles. The lowest BCUT2D eigenvalue weighted by Gasteiger charge is -2.07. The van der Waals surface area contributed by atoms with Gasteiger partial charge in [-0.25, -0.2) is 0 Å². The van der Waals surface area contributed by atoms with Crippen LogP contribution >= 0.6 is 11.6 Å². The van der Waals surface area contributed by atoms with E-state index in [-0.39, 0.29) is 0 Å². The molecule has 3 nitrogen and oxygen atoms in total. The molecule has 0 saturated carbocycles. The van der Waals surface area contributed by atoms with E-state index in [1.54, 1.807) is 6.26 Å². The van der Waals surface area contributed by atoms with Crippen molar-refractivity contribution >= 4 is 11.6 Å². The highest BCUT2D eigenvalue weighted by atomic mass is 35.5. The third-order valence-corrected chi connectivity index (χ3v) is 3.34. The summed E-state index contributed by atoms with van der Waals surface area (Å²) in [5, 5.41) is 4.06. The molecule has 1 N–H and O–H groups in total. The molecule has 1 heterocycles. The molecule has 0 radical (unpaired) electrons. The fourth-order valence-corrected chi connectivity index (χ4v) is 2.14. The van der Waals surface area contributed by atoms with Crippen molar-refractivity contribution in [2.45, 2.75) is 33.9 Å². The average molecular weight is 308 g/mol. The minimum Gasteiger partial charge on any atom is -0.485 e. The maximum atomic E-state index is 5.97. The number of nitrogens with one attached hydrogen (secondary N) is 1. The van der Waals surface area contributed by atoms with Crippen LogP contribution in [0.2, 0.25) is 5.02 Å². The number of halogens is 1. The Bertz CT molecular complexity index is 578. The monoisotopic (exact) mass is 307 g/mol. The van der Waals surface area contributed by atoms with Gasteiger partial charge in [-0.1, -0.05) is 31.5 Å². The van der Waals surface area contributed by atoms with Crippen molar-refractivity contribution < 1.29 is 9.15 Å². The van der Waals surface area contributed by atoms with Gasteiger partial charge in [0.25, 0.3) is 0 Å². The first-order chi connectivity index (χ1) is 10.0. The first-order valence-corrected chi connectivity index (χ1v) is 7.58. The first-order valence-electron chi connectivity index (χ1n) is 7.20. The second-order valence-corrected chi connectivity index (χ2v) is 6.08. The molecule has 0 saturated heterocycles. The summed E-state index contributed by atoms with van der Waals surface area (Å²) < 4.78 is 11.3. The molecule has 2 rings (SSSR count). The van der Waals surface area contributed by atoms with E-state index in [1.807, 2.05) is 31.2 Å². The van der Waals surface area contributed by atoms with E-state index in [1.165, 1.54) is 0 Å². The van der Waals surface area contributed by atoms with Gasteiger partial charge in [0, 0.05) is 17.1 Å². The SMILES string of the molecule is Cc1ccc(Cl)cc1OCc1cc(CNCC(C)C)co1. The van der Waals surface area contributed by atoms with Crippen molar-refractivity contribution in [3.63, 3.8) is 0 Å². The van der Waals surface area contributed by atoms with Gasteiger partial charge in [-0.15, -0.1) is 0 Å². The van der Waals surface area contributed by atoms with Crippen LogP contribution in [0.1, 0.15) is 30.7 Å². The van der Waals surface area contributed by atoms with Gasteiger partial charge in [0.2, 0.25) is 0 Å². The molecule has 0 aliphatic carbocycles. The zero-order valence-electron chi connectivity index (χ0n) is 12.8. The van der Waals surface area contributed by atoms with Crippen molar-refractivity contribution in [2.24, 2.45) is 5.92 Å². The van der Waals surface area contributed by atoms with Crippen molar-refractivity contribution in [2.75, 3.05) is 6.54 Å². The van der Waals surface area contributed by atoms with Crippen molar-refractivity contribution in [1.82, 2.24) is 5.32 Å². The van der Waals surface area contributed by atoms with Crippen LogP contribution < -0.4 is 10.1 Å². The van der Waals surface area contributed by atoms with E-state index in [4.69, 9.17) is 20.8 Å². The second-order valence-electron chi connectivity index (χ2n) is 5.64. The van der Waals surface area contributed by atoms with Crippen LogP contribution in [-0.4, -0.2) is 6.54 Å². The van der Waals surface area contributed by atoms with Crippen LogP contribution in [0.3, 0.4) is 0 Å². The largest absolute Gasteiger partial charge is 0.485 e. The summed E-state index contributed by atoms with van der Waals surface area (Å²) in [6.45, 7) is 8.60. The van der Waals surface area contributed by atoms with Crippen LogP contribution in [0.15, 0.2) is 34.9 Å². The highest BCUT2D eigenvalue weighted by Crippen LogP contribution is 2.23. The van der Waals surface area contributed by atoms with E-state index in [2.05, 4.69) is 19.2 Å². The lowest BCUT2D eigenvalue weighted by atomic mass is 10.2. The molecule has 21 heavy (non-hydrogen) atoms. The molecular weight excluding hydrogens is 286 g/mol. The summed E-state index contributed by atoms with van der Waals surface area (Å²) >= 11 is 5.97. The number of benzene rings is 1. The van der Waals surface area contributed by atoms with Crippen molar-refractivity contribution in [3.8, 4) is 5.75 Å². The van der Waals surface area contributed by atoms with E-state index in [9.17, 15) is 0 Å². The molecule has 0 atom stereocenters. The zero-order chi connectivity index (χ0) is 15.2. The Kier molecular flexibility index (Phi) is 5.71. The first kappa shape index (κ1) is 15.9. The predicted molar refractivity (Wildman–Crippen MR) is 85.8 cm³/mol. The molecular formula is C17H22ClNO2.